The van der Waals surface area contributed by atoms with Crippen LogP contribution in [0.15, 0.2) is 22.2 Å². The molecule has 7 heteroatoms. The van der Waals surface area contributed by atoms with Gasteiger partial charge in [0.1, 0.15) is 0 Å². The molecule has 0 radical (unpaired) electrons. The summed E-state index contributed by atoms with van der Waals surface area (Å²) in [6.45, 7) is 7.53. The first-order valence-electron chi connectivity index (χ1n) is 9.89. The largest absolute Gasteiger partial charge is 0.481 e. The van der Waals surface area contributed by atoms with Crippen LogP contribution in [0.1, 0.15) is 63.5 Å². The van der Waals surface area contributed by atoms with Crippen molar-refractivity contribution >= 4 is 11.5 Å². The van der Waals surface area contributed by atoms with E-state index >= 15 is 0 Å². The van der Waals surface area contributed by atoms with Crippen molar-refractivity contribution in [2.45, 2.75) is 65.8 Å². The Labute approximate surface area is 164 Å². The van der Waals surface area contributed by atoms with Crippen LogP contribution >= 0.6 is 0 Å². The number of aliphatic carboxylic acids is 1. The monoisotopic (exact) mass is 382 g/mol. The molecule has 0 amide bonds. The van der Waals surface area contributed by atoms with Crippen LogP contribution in [0.5, 0.6) is 0 Å². The molecule has 2 aromatic heterocycles. The van der Waals surface area contributed by atoms with Crippen LogP contribution in [-0.4, -0.2) is 31.0 Å². The highest BCUT2D eigenvalue weighted by atomic mass is 16.5. The Balaban J connectivity index is 1.63. The molecule has 0 atom stereocenters. The average Bonchev–Trinajstić information content (AvgIpc) is 3.25. The van der Waals surface area contributed by atoms with E-state index in [0.717, 1.165) is 42.6 Å². The molecule has 0 fully saturated rings. The summed E-state index contributed by atoms with van der Waals surface area (Å²) in [5.74, 6) is 0.236. The number of allylic oxidation sites excluding steroid dienone is 3. The van der Waals surface area contributed by atoms with Gasteiger partial charge in [-0.15, -0.1) is 0 Å². The Hall–Kier alpha value is -2.70. The lowest BCUT2D eigenvalue weighted by Crippen LogP contribution is -2.24. The summed E-state index contributed by atoms with van der Waals surface area (Å²) in [7, 11) is 0. The molecule has 2 aliphatic carbocycles. The minimum Gasteiger partial charge on any atom is -0.481 e. The molecule has 0 aromatic carbocycles. The van der Waals surface area contributed by atoms with E-state index in [9.17, 15) is 4.79 Å². The van der Waals surface area contributed by atoms with Crippen LogP contribution in [0.2, 0.25) is 0 Å². The molecule has 0 saturated heterocycles. The summed E-state index contributed by atoms with van der Waals surface area (Å²) in [5, 5.41) is 17.9. The second-order valence-electron chi connectivity index (χ2n) is 8.44. The highest BCUT2D eigenvalue weighted by molar-refractivity contribution is 5.72. The van der Waals surface area contributed by atoms with E-state index < -0.39 is 5.97 Å². The lowest BCUT2D eigenvalue weighted by Gasteiger charge is -2.30. The minimum absolute atomic E-state index is 0.0816. The summed E-state index contributed by atoms with van der Waals surface area (Å²) in [4.78, 5) is 15.5. The lowest BCUT2D eigenvalue weighted by atomic mass is 9.76. The zero-order valence-corrected chi connectivity index (χ0v) is 16.7. The third-order valence-electron chi connectivity index (χ3n) is 5.69. The maximum Gasteiger partial charge on any atom is 0.307 e. The van der Waals surface area contributed by atoms with Crippen molar-refractivity contribution in [1.29, 1.82) is 0 Å². The number of hydrogen-bond donors (Lipinski definition) is 1. The van der Waals surface area contributed by atoms with Crippen molar-refractivity contribution < 1.29 is 14.4 Å². The molecule has 0 bridgehead atoms. The molecule has 28 heavy (non-hydrogen) atoms. The Morgan fingerprint density at radius 3 is 2.79 bits per heavy atom. The van der Waals surface area contributed by atoms with Gasteiger partial charge in [0.05, 0.1) is 6.42 Å². The van der Waals surface area contributed by atoms with Crippen molar-refractivity contribution in [1.82, 2.24) is 19.9 Å². The zero-order chi connectivity index (χ0) is 19.9. The quantitative estimate of drug-likeness (QED) is 0.838. The first-order valence-corrected chi connectivity index (χ1v) is 9.89. The predicted octanol–water partition coefficient (Wildman–Crippen LogP) is 4.05. The lowest BCUT2D eigenvalue weighted by molar-refractivity contribution is -0.136. The molecule has 0 spiro atoms. The summed E-state index contributed by atoms with van der Waals surface area (Å²) in [5.41, 5.74) is 5.49. The van der Waals surface area contributed by atoms with Crippen molar-refractivity contribution in [2.75, 3.05) is 0 Å². The van der Waals surface area contributed by atoms with Crippen LogP contribution in [0.25, 0.3) is 17.2 Å². The number of carboxylic acids is 1. The summed E-state index contributed by atoms with van der Waals surface area (Å²) in [6.07, 6.45) is 8.36. The maximum atomic E-state index is 10.9. The van der Waals surface area contributed by atoms with E-state index in [1.54, 1.807) is 0 Å². The van der Waals surface area contributed by atoms with E-state index in [1.165, 1.54) is 11.3 Å². The SMILES string of the molecule is CCn1nc(-c2nc(C3=CC=C(CC(=O)O)CC3)no2)c2c1CC(C)(C)CC2. The molecule has 1 N–H and O–H groups in total. The molecule has 2 heterocycles. The van der Waals surface area contributed by atoms with E-state index in [2.05, 4.69) is 35.6 Å². The molecule has 0 unspecified atom stereocenters. The van der Waals surface area contributed by atoms with Gasteiger partial charge in [0, 0.05) is 23.4 Å². The molecule has 2 aromatic rings. The number of fused-ring (bicyclic) bond motifs is 1. The van der Waals surface area contributed by atoms with Crippen molar-refractivity contribution in [3.63, 3.8) is 0 Å². The molecule has 148 valence electrons. The number of carbonyl (C=O) groups is 1. The van der Waals surface area contributed by atoms with Gasteiger partial charge in [-0.2, -0.15) is 10.1 Å². The number of aromatic nitrogens is 4. The smallest absolute Gasteiger partial charge is 0.307 e. The van der Waals surface area contributed by atoms with Gasteiger partial charge in [-0.3, -0.25) is 9.48 Å². The average molecular weight is 382 g/mol. The highest BCUT2D eigenvalue weighted by Crippen LogP contribution is 2.39. The van der Waals surface area contributed by atoms with Gasteiger partial charge in [-0.25, -0.2) is 0 Å². The number of aryl methyl sites for hydroxylation is 1. The van der Waals surface area contributed by atoms with Gasteiger partial charge in [0.2, 0.25) is 0 Å². The normalized spacial score (nSPS) is 18.4. The minimum atomic E-state index is -0.801. The number of hydrogen-bond acceptors (Lipinski definition) is 5. The van der Waals surface area contributed by atoms with Crippen LogP contribution in [0.4, 0.5) is 0 Å². The van der Waals surface area contributed by atoms with Gasteiger partial charge in [0.15, 0.2) is 11.5 Å². The molecular weight excluding hydrogens is 356 g/mol. The Bertz CT molecular complexity index is 978. The van der Waals surface area contributed by atoms with E-state index in [1.807, 2.05) is 12.2 Å². The van der Waals surface area contributed by atoms with Crippen molar-refractivity contribution in [3.05, 3.63) is 34.8 Å². The Morgan fingerprint density at radius 1 is 1.29 bits per heavy atom. The second-order valence-corrected chi connectivity index (χ2v) is 8.44. The topological polar surface area (TPSA) is 94.0 Å². The van der Waals surface area contributed by atoms with Crippen molar-refractivity contribution in [3.8, 4) is 11.6 Å². The van der Waals surface area contributed by atoms with Gasteiger partial charge in [-0.1, -0.05) is 36.7 Å². The molecule has 0 aliphatic heterocycles. The predicted molar refractivity (Wildman–Crippen MR) is 105 cm³/mol. The van der Waals surface area contributed by atoms with Crippen LogP contribution < -0.4 is 0 Å². The molecule has 7 nitrogen and oxygen atoms in total. The fraction of sp³-hybridized carbons (Fsp3) is 0.524. The summed E-state index contributed by atoms with van der Waals surface area (Å²) >= 11 is 0. The fourth-order valence-electron chi connectivity index (χ4n) is 4.09. The number of nitrogens with zero attached hydrogens (tertiary/aromatic N) is 4. The molecule has 0 saturated carbocycles. The number of rotatable bonds is 5. The fourth-order valence-corrected chi connectivity index (χ4v) is 4.09. The zero-order valence-electron chi connectivity index (χ0n) is 16.7. The standard InChI is InChI=1S/C21H26N4O3/c1-4-25-16-12-21(2,3)10-9-15(16)18(23-25)20-22-19(24-28-20)14-7-5-13(6-8-14)11-17(26)27/h5,7H,4,6,8-12H2,1-3H3,(H,26,27). The van der Waals surface area contributed by atoms with Crippen LogP contribution in [0, 0.1) is 5.41 Å². The first-order chi connectivity index (χ1) is 13.4. The molecular formula is C21H26N4O3. The summed E-state index contributed by atoms with van der Waals surface area (Å²) in [6, 6.07) is 0. The highest BCUT2D eigenvalue weighted by Gasteiger charge is 2.32. The molecule has 2 aliphatic rings. The van der Waals surface area contributed by atoms with Crippen molar-refractivity contribution in [2.24, 2.45) is 5.41 Å². The van der Waals surface area contributed by atoms with Gasteiger partial charge in [0.25, 0.3) is 5.89 Å². The first kappa shape index (κ1) is 18.7. The van der Waals surface area contributed by atoms with E-state index in [0.29, 0.717) is 24.6 Å². The van der Waals surface area contributed by atoms with Gasteiger partial charge < -0.3 is 9.63 Å². The van der Waals surface area contributed by atoms with Gasteiger partial charge in [-0.05, 0) is 44.4 Å². The van der Waals surface area contributed by atoms with E-state index in [-0.39, 0.29) is 11.8 Å². The third kappa shape index (κ3) is 3.53. The maximum absolute atomic E-state index is 10.9. The number of carboxylic acid groups (broad SMARTS) is 1. The van der Waals surface area contributed by atoms with E-state index in [4.69, 9.17) is 14.7 Å². The Kier molecular flexibility index (Phi) is 4.69. The van der Waals surface area contributed by atoms with Gasteiger partial charge >= 0.3 is 5.97 Å². The summed E-state index contributed by atoms with van der Waals surface area (Å²) < 4.78 is 7.64. The second kappa shape index (κ2) is 7.04. The van der Waals surface area contributed by atoms with Crippen LogP contribution in [-0.2, 0) is 24.2 Å². The molecule has 4 rings (SSSR count). The third-order valence-corrected chi connectivity index (χ3v) is 5.69. The van der Waals surface area contributed by atoms with Crippen LogP contribution in [0.3, 0.4) is 0 Å². The Morgan fingerprint density at radius 2 is 2.11 bits per heavy atom.